The van der Waals surface area contributed by atoms with Crippen molar-refractivity contribution < 1.29 is 0 Å². The molecule has 0 amide bonds. The molecule has 2 nitrogen and oxygen atoms in total. The Morgan fingerprint density at radius 3 is 2.60 bits per heavy atom. The summed E-state index contributed by atoms with van der Waals surface area (Å²) in [6.07, 6.45) is 3.98. The third kappa shape index (κ3) is 3.18. The Labute approximate surface area is 95.4 Å². The molecule has 1 saturated heterocycles. The van der Waals surface area contributed by atoms with Gasteiger partial charge in [0.2, 0.25) is 0 Å². The van der Waals surface area contributed by atoms with Crippen LogP contribution >= 0.6 is 0 Å². The van der Waals surface area contributed by atoms with E-state index in [9.17, 15) is 0 Å². The predicted octanol–water partition coefficient (Wildman–Crippen LogP) is 2.49. The molecule has 1 N–H and O–H groups in total. The lowest BCUT2D eigenvalue weighted by molar-refractivity contribution is 0.0421. The van der Waals surface area contributed by atoms with Gasteiger partial charge in [-0.3, -0.25) is 4.90 Å². The third-order valence-electron chi connectivity index (χ3n) is 3.91. The highest BCUT2D eigenvalue weighted by molar-refractivity contribution is 4.96. The largest absolute Gasteiger partial charge is 0.315 e. The second-order valence-corrected chi connectivity index (χ2v) is 5.81. The van der Waals surface area contributed by atoms with Crippen LogP contribution in [0.25, 0.3) is 0 Å². The van der Waals surface area contributed by atoms with Gasteiger partial charge in [-0.1, -0.05) is 13.8 Å². The molecule has 1 fully saturated rings. The number of nitrogens with zero attached hydrogens (tertiary/aromatic N) is 1. The van der Waals surface area contributed by atoms with Gasteiger partial charge in [0.05, 0.1) is 0 Å². The zero-order valence-electron chi connectivity index (χ0n) is 11.1. The Balaban J connectivity index is 2.54. The lowest BCUT2D eigenvalue weighted by Crippen LogP contribution is -2.60. The van der Waals surface area contributed by atoms with E-state index in [0.717, 1.165) is 5.92 Å². The molecular formula is C13H28N2. The molecule has 1 unspecified atom stereocenters. The molecule has 0 aromatic rings. The van der Waals surface area contributed by atoms with Crippen LogP contribution in [-0.4, -0.2) is 36.6 Å². The van der Waals surface area contributed by atoms with E-state index in [-0.39, 0.29) is 0 Å². The van der Waals surface area contributed by atoms with Crippen LogP contribution in [-0.2, 0) is 0 Å². The molecule has 1 atom stereocenters. The first-order valence-corrected chi connectivity index (χ1v) is 6.40. The van der Waals surface area contributed by atoms with E-state index in [1.807, 2.05) is 0 Å². The van der Waals surface area contributed by atoms with Crippen molar-refractivity contribution in [3.05, 3.63) is 0 Å². The molecule has 2 heteroatoms. The van der Waals surface area contributed by atoms with Gasteiger partial charge in [0.1, 0.15) is 0 Å². The molecule has 0 bridgehead atoms. The summed E-state index contributed by atoms with van der Waals surface area (Å²) in [5, 5.41) is 3.47. The SMILES string of the molecule is CNC1CCCN(CCC(C)C)C1(C)C. The maximum Gasteiger partial charge on any atom is 0.0306 e. The highest BCUT2D eigenvalue weighted by Crippen LogP contribution is 2.28. The van der Waals surface area contributed by atoms with Crippen LogP contribution in [0, 0.1) is 5.92 Å². The summed E-state index contributed by atoms with van der Waals surface area (Å²) in [6.45, 7) is 11.9. The zero-order chi connectivity index (χ0) is 11.5. The molecule has 0 saturated carbocycles. The Morgan fingerprint density at radius 2 is 2.07 bits per heavy atom. The van der Waals surface area contributed by atoms with Gasteiger partial charge < -0.3 is 5.32 Å². The van der Waals surface area contributed by atoms with Gasteiger partial charge >= 0.3 is 0 Å². The topological polar surface area (TPSA) is 15.3 Å². The van der Waals surface area contributed by atoms with Gasteiger partial charge in [-0.2, -0.15) is 0 Å². The summed E-state index contributed by atoms with van der Waals surface area (Å²) >= 11 is 0. The second kappa shape index (κ2) is 5.31. The first-order valence-electron chi connectivity index (χ1n) is 6.40. The molecule has 1 aliphatic heterocycles. The molecule has 15 heavy (non-hydrogen) atoms. The Kier molecular flexibility index (Phi) is 4.60. The first kappa shape index (κ1) is 13.0. The van der Waals surface area contributed by atoms with Gasteiger partial charge in [0.25, 0.3) is 0 Å². The highest BCUT2D eigenvalue weighted by atomic mass is 15.2. The van der Waals surface area contributed by atoms with Crippen LogP contribution in [0.3, 0.4) is 0 Å². The first-order chi connectivity index (χ1) is 6.98. The van der Waals surface area contributed by atoms with E-state index < -0.39 is 0 Å². The maximum absolute atomic E-state index is 3.47. The lowest BCUT2D eigenvalue weighted by Gasteiger charge is -2.48. The number of hydrogen-bond acceptors (Lipinski definition) is 2. The van der Waals surface area contributed by atoms with Crippen molar-refractivity contribution in [2.75, 3.05) is 20.1 Å². The van der Waals surface area contributed by atoms with Crippen LogP contribution in [0.5, 0.6) is 0 Å². The average Bonchev–Trinajstić information content (AvgIpc) is 2.15. The Morgan fingerprint density at radius 1 is 1.40 bits per heavy atom. The number of likely N-dealkylation sites (N-methyl/N-ethyl adjacent to an activating group) is 1. The quantitative estimate of drug-likeness (QED) is 0.770. The minimum absolute atomic E-state index is 0.321. The third-order valence-corrected chi connectivity index (χ3v) is 3.91. The Hall–Kier alpha value is -0.0800. The number of likely N-dealkylation sites (tertiary alicyclic amines) is 1. The highest BCUT2D eigenvalue weighted by Gasteiger charge is 2.37. The fraction of sp³-hybridized carbons (Fsp3) is 1.00. The molecule has 0 radical (unpaired) electrons. The summed E-state index contributed by atoms with van der Waals surface area (Å²) in [7, 11) is 2.10. The normalized spacial score (nSPS) is 27.2. The number of nitrogens with one attached hydrogen (secondary N) is 1. The molecular weight excluding hydrogens is 184 g/mol. The smallest absolute Gasteiger partial charge is 0.0306 e. The Bertz CT molecular complexity index is 187. The molecule has 0 aromatic carbocycles. The van der Waals surface area contributed by atoms with E-state index in [4.69, 9.17) is 0 Å². The monoisotopic (exact) mass is 212 g/mol. The fourth-order valence-electron chi connectivity index (χ4n) is 2.66. The second-order valence-electron chi connectivity index (χ2n) is 5.81. The van der Waals surface area contributed by atoms with Gasteiger partial charge in [-0.25, -0.2) is 0 Å². The lowest BCUT2D eigenvalue weighted by atomic mass is 9.84. The maximum atomic E-state index is 3.47. The van der Waals surface area contributed by atoms with Crippen LogP contribution in [0.15, 0.2) is 0 Å². The van der Waals surface area contributed by atoms with E-state index in [1.54, 1.807) is 0 Å². The average molecular weight is 212 g/mol. The number of hydrogen-bond donors (Lipinski definition) is 1. The summed E-state index contributed by atoms with van der Waals surface area (Å²) in [5.74, 6) is 0.816. The summed E-state index contributed by atoms with van der Waals surface area (Å²) in [5.41, 5.74) is 0.321. The van der Waals surface area contributed by atoms with Crippen molar-refractivity contribution in [2.24, 2.45) is 5.92 Å². The predicted molar refractivity (Wildman–Crippen MR) is 67.2 cm³/mol. The number of piperidine rings is 1. The zero-order valence-corrected chi connectivity index (χ0v) is 11.1. The van der Waals surface area contributed by atoms with E-state index >= 15 is 0 Å². The van der Waals surface area contributed by atoms with Crippen LogP contribution in [0.4, 0.5) is 0 Å². The van der Waals surface area contributed by atoms with Crippen LogP contribution in [0.2, 0.25) is 0 Å². The standard InChI is InChI=1S/C13H28N2/c1-11(2)8-10-15-9-6-7-12(14-5)13(15,3)4/h11-12,14H,6-10H2,1-5H3. The van der Waals surface area contributed by atoms with Crippen molar-refractivity contribution in [1.29, 1.82) is 0 Å². The minimum atomic E-state index is 0.321. The molecule has 1 rings (SSSR count). The van der Waals surface area contributed by atoms with Crippen molar-refractivity contribution in [2.45, 2.75) is 58.5 Å². The number of rotatable bonds is 4. The molecule has 0 aliphatic carbocycles. The van der Waals surface area contributed by atoms with Crippen molar-refractivity contribution in [3.63, 3.8) is 0 Å². The van der Waals surface area contributed by atoms with E-state index in [2.05, 4.69) is 45.0 Å². The van der Waals surface area contributed by atoms with Crippen LogP contribution in [0.1, 0.15) is 47.0 Å². The molecule has 90 valence electrons. The molecule has 1 heterocycles. The van der Waals surface area contributed by atoms with Crippen LogP contribution < -0.4 is 5.32 Å². The molecule has 0 spiro atoms. The van der Waals surface area contributed by atoms with Gasteiger partial charge in [-0.05, 0) is 59.2 Å². The minimum Gasteiger partial charge on any atom is -0.315 e. The van der Waals surface area contributed by atoms with E-state index in [1.165, 1.54) is 32.4 Å². The van der Waals surface area contributed by atoms with Gasteiger partial charge in [-0.15, -0.1) is 0 Å². The van der Waals surface area contributed by atoms with Crippen molar-refractivity contribution in [3.8, 4) is 0 Å². The van der Waals surface area contributed by atoms with Gasteiger partial charge in [0.15, 0.2) is 0 Å². The van der Waals surface area contributed by atoms with Crippen molar-refractivity contribution >= 4 is 0 Å². The molecule has 0 aromatic heterocycles. The van der Waals surface area contributed by atoms with E-state index in [0.29, 0.717) is 11.6 Å². The van der Waals surface area contributed by atoms with Gasteiger partial charge in [0, 0.05) is 11.6 Å². The fourth-order valence-corrected chi connectivity index (χ4v) is 2.66. The molecule has 1 aliphatic rings. The summed E-state index contributed by atoms with van der Waals surface area (Å²) in [4.78, 5) is 2.66. The summed E-state index contributed by atoms with van der Waals surface area (Å²) < 4.78 is 0. The van der Waals surface area contributed by atoms with Crippen molar-refractivity contribution in [1.82, 2.24) is 10.2 Å². The summed E-state index contributed by atoms with van der Waals surface area (Å²) in [6, 6.07) is 0.651.